The van der Waals surface area contributed by atoms with Gasteiger partial charge in [0.05, 0.1) is 5.69 Å². The molecule has 0 radical (unpaired) electrons. The van der Waals surface area contributed by atoms with Crippen LogP contribution in [0.3, 0.4) is 0 Å². The van der Waals surface area contributed by atoms with Crippen molar-refractivity contribution in [2.45, 2.75) is 57.8 Å². The summed E-state index contributed by atoms with van der Waals surface area (Å²) in [7, 11) is 0. The quantitative estimate of drug-likeness (QED) is 0.843. The molecule has 2 aliphatic heterocycles. The molecule has 4 heterocycles. The maximum Gasteiger partial charge on any atom is 0.177 e. The summed E-state index contributed by atoms with van der Waals surface area (Å²) in [6.07, 6.45) is 5.07. The molecule has 0 atom stereocenters. The van der Waals surface area contributed by atoms with Crippen LogP contribution in [0.2, 0.25) is 0 Å². The molecule has 142 valence electrons. The van der Waals surface area contributed by atoms with Gasteiger partial charge in [-0.1, -0.05) is 20.8 Å². The average Bonchev–Trinajstić information content (AvgIpc) is 3.29. The van der Waals surface area contributed by atoms with Crippen molar-refractivity contribution in [2.24, 2.45) is 0 Å². The van der Waals surface area contributed by atoms with E-state index in [0.29, 0.717) is 5.92 Å². The molecule has 0 spiro atoms. The Morgan fingerprint density at radius 2 is 1.58 bits per heavy atom. The third-order valence-electron chi connectivity index (χ3n) is 5.94. The molecule has 0 aliphatic carbocycles. The number of fused-ring (bicyclic) bond motifs is 1. The molecule has 0 saturated carbocycles. The minimum Gasteiger partial charge on any atom is -0.302 e. The first-order chi connectivity index (χ1) is 12.5. The number of hydrogen-bond acceptors (Lipinski definition) is 5. The zero-order valence-corrected chi connectivity index (χ0v) is 16.5. The van der Waals surface area contributed by atoms with Gasteiger partial charge in [0.2, 0.25) is 0 Å². The summed E-state index contributed by atoms with van der Waals surface area (Å²) in [4.78, 5) is 5.22. The van der Waals surface area contributed by atoms with Crippen molar-refractivity contribution >= 4 is 5.65 Å². The highest BCUT2D eigenvalue weighted by Gasteiger charge is 2.26. The van der Waals surface area contributed by atoms with Crippen LogP contribution in [-0.2, 0) is 5.41 Å². The lowest BCUT2D eigenvalue weighted by Gasteiger charge is -2.32. The lowest BCUT2D eigenvalue weighted by Crippen LogP contribution is -2.39. The Bertz CT molecular complexity index is 732. The summed E-state index contributed by atoms with van der Waals surface area (Å²) in [6, 6.07) is 4.13. The second-order valence-electron chi connectivity index (χ2n) is 8.96. The van der Waals surface area contributed by atoms with Crippen molar-refractivity contribution in [1.29, 1.82) is 0 Å². The Balaban J connectivity index is 1.40. The van der Waals surface area contributed by atoms with Gasteiger partial charge in [0.15, 0.2) is 11.5 Å². The molecule has 4 rings (SSSR count). The van der Waals surface area contributed by atoms with E-state index in [1.807, 2.05) is 4.52 Å². The number of hydrogen-bond donors (Lipinski definition) is 0. The van der Waals surface area contributed by atoms with Crippen LogP contribution >= 0.6 is 0 Å². The van der Waals surface area contributed by atoms with Crippen LogP contribution in [0, 0.1) is 0 Å². The summed E-state index contributed by atoms with van der Waals surface area (Å²) in [5, 5.41) is 13.7. The minimum atomic E-state index is 0.0364. The predicted octanol–water partition coefficient (Wildman–Crippen LogP) is 2.70. The van der Waals surface area contributed by atoms with Crippen molar-refractivity contribution in [3.8, 4) is 0 Å². The molecule has 6 heteroatoms. The van der Waals surface area contributed by atoms with Crippen LogP contribution in [-0.4, -0.2) is 68.9 Å². The van der Waals surface area contributed by atoms with Gasteiger partial charge in [-0.2, -0.15) is 9.61 Å². The summed E-state index contributed by atoms with van der Waals surface area (Å²) < 4.78 is 1.99. The predicted molar refractivity (Wildman–Crippen MR) is 104 cm³/mol. The maximum atomic E-state index is 4.86. The highest BCUT2D eigenvalue weighted by molar-refractivity contribution is 5.37. The maximum absolute atomic E-state index is 4.86. The fraction of sp³-hybridized carbons (Fsp3) is 0.750. The summed E-state index contributed by atoms with van der Waals surface area (Å²) >= 11 is 0. The largest absolute Gasteiger partial charge is 0.302 e. The van der Waals surface area contributed by atoms with E-state index in [9.17, 15) is 0 Å². The zero-order valence-electron chi connectivity index (χ0n) is 16.5. The molecule has 26 heavy (non-hydrogen) atoms. The van der Waals surface area contributed by atoms with E-state index in [2.05, 4.69) is 52.9 Å². The van der Waals surface area contributed by atoms with Crippen LogP contribution in [0.4, 0.5) is 0 Å². The second kappa shape index (κ2) is 7.24. The number of piperidine rings is 1. The molecule has 2 saturated heterocycles. The van der Waals surface area contributed by atoms with Crippen molar-refractivity contribution in [1.82, 2.24) is 29.6 Å². The third kappa shape index (κ3) is 3.76. The van der Waals surface area contributed by atoms with E-state index in [1.165, 1.54) is 39.0 Å². The van der Waals surface area contributed by atoms with E-state index in [0.717, 1.165) is 43.1 Å². The van der Waals surface area contributed by atoms with Gasteiger partial charge >= 0.3 is 0 Å². The fourth-order valence-corrected chi connectivity index (χ4v) is 4.16. The van der Waals surface area contributed by atoms with Crippen LogP contribution in [0.1, 0.15) is 63.9 Å². The second-order valence-corrected chi connectivity index (χ2v) is 8.96. The van der Waals surface area contributed by atoms with Crippen LogP contribution < -0.4 is 0 Å². The van der Waals surface area contributed by atoms with Crippen molar-refractivity contribution in [2.75, 3.05) is 39.3 Å². The van der Waals surface area contributed by atoms with Gasteiger partial charge < -0.3 is 9.80 Å². The molecule has 0 bridgehead atoms. The molecule has 2 aromatic heterocycles. The Hall–Kier alpha value is -1.53. The highest BCUT2D eigenvalue weighted by atomic mass is 15.4. The molecule has 0 N–H and O–H groups in total. The molecule has 2 fully saturated rings. The SMILES string of the molecule is CC(C)(C)c1ccc2nnc(C3CCN(CCN4CCCC4)CC3)n2n1. The Kier molecular flexibility index (Phi) is 4.97. The van der Waals surface area contributed by atoms with Gasteiger partial charge in [-0.25, -0.2) is 0 Å². The van der Waals surface area contributed by atoms with Crippen molar-refractivity contribution < 1.29 is 0 Å². The molecule has 6 nitrogen and oxygen atoms in total. The standard InChI is InChI=1S/C20H32N6/c1-20(2,3)17-6-7-18-21-22-19(26(18)23-17)16-8-12-25(13-9-16)15-14-24-10-4-5-11-24/h6-7,16H,4-5,8-15H2,1-3H3. The van der Waals surface area contributed by atoms with E-state index in [1.54, 1.807) is 0 Å². The normalized spacial score (nSPS) is 21.0. The monoisotopic (exact) mass is 356 g/mol. The molecule has 2 aliphatic rings. The molecular formula is C20H32N6. The number of rotatable bonds is 4. The summed E-state index contributed by atoms with van der Waals surface area (Å²) in [5.74, 6) is 1.51. The van der Waals surface area contributed by atoms with Gasteiger partial charge in [0.25, 0.3) is 0 Å². The third-order valence-corrected chi connectivity index (χ3v) is 5.94. The lowest BCUT2D eigenvalue weighted by atomic mass is 9.92. The summed E-state index contributed by atoms with van der Waals surface area (Å²) in [6.45, 7) is 13.9. The lowest BCUT2D eigenvalue weighted by molar-refractivity contribution is 0.182. The number of aromatic nitrogens is 4. The highest BCUT2D eigenvalue weighted by Crippen LogP contribution is 2.28. The molecule has 0 aromatic carbocycles. The van der Waals surface area contributed by atoms with Gasteiger partial charge in [-0.15, -0.1) is 10.2 Å². The average molecular weight is 357 g/mol. The smallest absolute Gasteiger partial charge is 0.177 e. The minimum absolute atomic E-state index is 0.0364. The number of likely N-dealkylation sites (tertiary alicyclic amines) is 2. The zero-order chi connectivity index (χ0) is 18.1. The topological polar surface area (TPSA) is 49.6 Å². The van der Waals surface area contributed by atoms with E-state index < -0.39 is 0 Å². The first kappa shape index (κ1) is 17.9. The van der Waals surface area contributed by atoms with E-state index >= 15 is 0 Å². The summed E-state index contributed by atoms with van der Waals surface area (Å²) in [5.41, 5.74) is 1.99. The fourth-order valence-electron chi connectivity index (χ4n) is 4.16. The Morgan fingerprint density at radius 1 is 0.923 bits per heavy atom. The van der Waals surface area contributed by atoms with Crippen molar-refractivity contribution in [3.63, 3.8) is 0 Å². The Labute approximate surface area is 156 Å². The van der Waals surface area contributed by atoms with E-state index in [-0.39, 0.29) is 5.41 Å². The first-order valence-corrected chi connectivity index (χ1v) is 10.2. The van der Waals surface area contributed by atoms with Crippen LogP contribution in [0.25, 0.3) is 5.65 Å². The van der Waals surface area contributed by atoms with Crippen LogP contribution in [0.5, 0.6) is 0 Å². The molecule has 0 amide bonds. The Morgan fingerprint density at radius 3 is 2.23 bits per heavy atom. The molecule has 0 unspecified atom stereocenters. The van der Waals surface area contributed by atoms with Gasteiger partial charge in [0, 0.05) is 24.4 Å². The molecule has 2 aromatic rings. The van der Waals surface area contributed by atoms with Gasteiger partial charge in [-0.05, 0) is 64.0 Å². The van der Waals surface area contributed by atoms with Gasteiger partial charge in [-0.3, -0.25) is 0 Å². The van der Waals surface area contributed by atoms with Crippen LogP contribution in [0.15, 0.2) is 12.1 Å². The first-order valence-electron chi connectivity index (χ1n) is 10.2. The molecular weight excluding hydrogens is 324 g/mol. The van der Waals surface area contributed by atoms with Crippen molar-refractivity contribution in [3.05, 3.63) is 23.7 Å². The van der Waals surface area contributed by atoms with E-state index in [4.69, 9.17) is 5.10 Å². The van der Waals surface area contributed by atoms with Gasteiger partial charge in [0.1, 0.15) is 0 Å². The number of nitrogens with zero attached hydrogens (tertiary/aromatic N) is 6.